The molecule has 7 nitrogen and oxygen atoms in total. The summed E-state index contributed by atoms with van der Waals surface area (Å²) in [5.41, 5.74) is -1.93. The van der Waals surface area contributed by atoms with E-state index in [4.69, 9.17) is 21.1 Å². The molecule has 1 aromatic carbocycles. The lowest BCUT2D eigenvalue weighted by Crippen LogP contribution is -2.50. The van der Waals surface area contributed by atoms with E-state index in [1.54, 1.807) is 0 Å². The third-order valence-electron chi connectivity index (χ3n) is 3.15. The van der Waals surface area contributed by atoms with Crippen LogP contribution in [0.25, 0.3) is 0 Å². The lowest BCUT2D eigenvalue weighted by Gasteiger charge is -2.28. The molecule has 0 saturated carbocycles. The number of sulfonamides is 1. The van der Waals surface area contributed by atoms with Gasteiger partial charge in [0.25, 0.3) is 11.5 Å². The Bertz CT molecular complexity index is 843. The number of rotatable bonds is 5. The highest BCUT2D eigenvalue weighted by molar-refractivity contribution is 7.92. The summed E-state index contributed by atoms with van der Waals surface area (Å²) in [4.78, 5) is 24.0. The van der Waals surface area contributed by atoms with E-state index in [0.29, 0.717) is 10.4 Å². The highest BCUT2D eigenvalue weighted by Gasteiger charge is 2.53. The van der Waals surface area contributed by atoms with Gasteiger partial charge in [-0.2, -0.15) is 4.72 Å². The van der Waals surface area contributed by atoms with Crippen LogP contribution in [-0.2, 0) is 34.8 Å². The molecular formula is C15H14ClNO6S. The van der Waals surface area contributed by atoms with E-state index in [1.165, 1.54) is 31.2 Å². The zero-order valence-electron chi connectivity index (χ0n) is 12.8. The number of hydrogen-bond acceptors (Lipinski definition) is 6. The zero-order valence-corrected chi connectivity index (χ0v) is 14.4. The molecule has 0 bridgehead atoms. The van der Waals surface area contributed by atoms with Crippen LogP contribution in [0.3, 0.4) is 0 Å². The van der Waals surface area contributed by atoms with Gasteiger partial charge >= 0.3 is 5.97 Å². The summed E-state index contributed by atoms with van der Waals surface area (Å²) >= 11 is 5.83. The first kappa shape index (κ1) is 18.2. The highest BCUT2D eigenvalue weighted by Crippen LogP contribution is 2.38. The molecular weight excluding hydrogens is 358 g/mol. The van der Waals surface area contributed by atoms with E-state index in [0.717, 1.165) is 6.92 Å². The molecule has 0 amide bonds. The summed E-state index contributed by atoms with van der Waals surface area (Å²) in [6.45, 7) is 5.69. The minimum atomic E-state index is -4.06. The summed E-state index contributed by atoms with van der Waals surface area (Å²) in [5.74, 6) is -2.00. The summed E-state index contributed by atoms with van der Waals surface area (Å²) in [5, 5.41) is 1.02. The van der Waals surface area contributed by atoms with E-state index < -0.39 is 27.5 Å². The van der Waals surface area contributed by atoms with Crippen molar-refractivity contribution in [3.8, 4) is 0 Å². The van der Waals surface area contributed by atoms with Crippen LogP contribution in [0, 0.1) is 0 Å². The molecule has 1 aromatic rings. The number of carbonyl (C=O) groups excluding carboxylic acids is 2. The molecule has 1 atom stereocenters. The van der Waals surface area contributed by atoms with Crippen LogP contribution < -0.4 is 4.72 Å². The van der Waals surface area contributed by atoms with Gasteiger partial charge in [0.1, 0.15) is 5.76 Å². The van der Waals surface area contributed by atoms with Crippen molar-refractivity contribution in [1.82, 2.24) is 4.72 Å². The zero-order chi connectivity index (χ0) is 18.1. The Hall–Kier alpha value is -2.16. The van der Waals surface area contributed by atoms with Crippen molar-refractivity contribution in [1.29, 1.82) is 0 Å². The Balaban J connectivity index is 2.58. The summed E-state index contributed by atoms with van der Waals surface area (Å²) in [6.07, 6.45) is 0. The molecule has 1 N–H and O–H groups in total. The monoisotopic (exact) mass is 371 g/mol. The van der Waals surface area contributed by atoms with Gasteiger partial charge in [0.15, 0.2) is 0 Å². The molecule has 1 unspecified atom stereocenters. The molecule has 24 heavy (non-hydrogen) atoms. The molecule has 9 heteroatoms. The third kappa shape index (κ3) is 3.35. The van der Waals surface area contributed by atoms with Crippen molar-refractivity contribution in [2.45, 2.75) is 19.6 Å². The van der Waals surface area contributed by atoms with Crippen molar-refractivity contribution in [2.75, 3.05) is 0 Å². The van der Waals surface area contributed by atoms with Crippen LogP contribution >= 0.6 is 11.6 Å². The van der Waals surface area contributed by atoms with Gasteiger partial charge in [-0.3, -0.25) is 9.59 Å². The predicted molar refractivity (Wildman–Crippen MR) is 85.9 cm³/mol. The number of ketones is 1. The Kier molecular flexibility index (Phi) is 4.84. The Morgan fingerprint density at radius 3 is 2.46 bits per heavy atom. The second-order valence-corrected chi connectivity index (χ2v) is 6.98. The predicted octanol–water partition coefficient (Wildman–Crippen LogP) is 1.95. The van der Waals surface area contributed by atoms with Gasteiger partial charge in [0, 0.05) is 22.9 Å². The average molecular weight is 372 g/mol. The molecule has 0 aromatic heterocycles. The Labute approximate surface area is 143 Å². The van der Waals surface area contributed by atoms with Crippen molar-refractivity contribution >= 4 is 33.4 Å². The molecule has 0 saturated heterocycles. The number of nitrogens with one attached hydrogen (secondary N) is 1. The summed E-state index contributed by atoms with van der Waals surface area (Å²) in [7, 11) is -4.06. The van der Waals surface area contributed by atoms with Crippen molar-refractivity contribution in [2.24, 2.45) is 0 Å². The number of carbonyl (C=O) groups is 2. The van der Waals surface area contributed by atoms with Crippen molar-refractivity contribution < 1.29 is 27.5 Å². The number of benzene rings is 1. The van der Waals surface area contributed by atoms with Crippen LogP contribution in [0.15, 0.2) is 47.8 Å². The van der Waals surface area contributed by atoms with Gasteiger partial charge in [-0.15, -0.1) is 0 Å². The highest BCUT2D eigenvalue weighted by atomic mass is 35.5. The maximum Gasteiger partial charge on any atom is 0.308 e. The molecule has 1 heterocycles. The minimum absolute atomic E-state index is 0.0306. The van der Waals surface area contributed by atoms with E-state index >= 15 is 0 Å². The molecule has 0 spiro atoms. The normalized spacial score (nSPS) is 20.7. The van der Waals surface area contributed by atoms with Gasteiger partial charge in [-0.25, -0.2) is 8.42 Å². The van der Waals surface area contributed by atoms with Crippen molar-refractivity contribution in [3.63, 3.8) is 0 Å². The standard InChI is InChI=1S/C15H14ClNO6S/c1-4-24(20,21)17-15(11-5-7-12(16)8-6-11)14(19)13(9(2)23-15)22-10(3)18/h4-8,17H,1H2,2-3H3. The lowest BCUT2D eigenvalue weighted by atomic mass is 9.99. The second kappa shape index (κ2) is 6.39. The van der Waals surface area contributed by atoms with Crippen LogP contribution in [0.4, 0.5) is 0 Å². The van der Waals surface area contributed by atoms with E-state index in [2.05, 4.69) is 11.3 Å². The molecule has 0 aliphatic carbocycles. The fourth-order valence-electron chi connectivity index (χ4n) is 2.15. The number of ether oxygens (including phenoxy) is 2. The summed E-state index contributed by atoms with van der Waals surface area (Å²) in [6, 6.07) is 5.79. The second-order valence-electron chi connectivity index (χ2n) is 4.91. The third-order valence-corrected chi connectivity index (χ3v) is 4.42. The maximum atomic E-state index is 12.8. The first-order valence-electron chi connectivity index (χ1n) is 6.67. The Morgan fingerprint density at radius 1 is 1.38 bits per heavy atom. The SMILES string of the molecule is C=CS(=O)(=O)NC1(c2ccc(Cl)cc2)OC(C)=C(OC(C)=O)C1=O. The van der Waals surface area contributed by atoms with Gasteiger partial charge in [-0.1, -0.05) is 30.3 Å². The molecule has 1 aliphatic heterocycles. The first-order valence-corrected chi connectivity index (χ1v) is 8.59. The number of Topliss-reactive ketones (excluding diaryl/α,β-unsaturated/α-hetero) is 1. The van der Waals surface area contributed by atoms with Gasteiger partial charge in [0.05, 0.1) is 0 Å². The first-order chi connectivity index (χ1) is 11.1. The van der Waals surface area contributed by atoms with Gasteiger partial charge < -0.3 is 9.47 Å². The molecule has 1 aliphatic rings. The number of hydrogen-bond donors (Lipinski definition) is 1. The lowest BCUT2D eigenvalue weighted by molar-refractivity contribution is -0.143. The van der Waals surface area contributed by atoms with E-state index in [-0.39, 0.29) is 17.1 Å². The smallest absolute Gasteiger partial charge is 0.308 e. The number of allylic oxidation sites excluding steroid dienone is 1. The van der Waals surface area contributed by atoms with Crippen LogP contribution in [0.1, 0.15) is 19.4 Å². The molecule has 0 radical (unpaired) electrons. The Morgan fingerprint density at radius 2 is 1.96 bits per heavy atom. The number of halogens is 1. The minimum Gasteiger partial charge on any atom is -0.460 e. The number of esters is 1. The summed E-state index contributed by atoms with van der Waals surface area (Å²) < 4.78 is 36.5. The van der Waals surface area contributed by atoms with Crippen LogP contribution in [0.5, 0.6) is 0 Å². The van der Waals surface area contributed by atoms with E-state index in [9.17, 15) is 18.0 Å². The van der Waals surface area contributed by atoms with Crippen molar-refractivity contribution in [3.05, 3.63) is 58.4 Å². The largest absolute Gasteiger partial charge is 0.460 e. The van der Waals surface area contributed by atoms with Crippen LogP contribution in [-0.4, -0.2) is 20.2 Å². The van der Waals surface area contributed by atoms with Gasteiger partial charge in [0.2, 0.25) is 15.8 Å². The van der Waals surface area contributed by atoms with Crippen LogP contribution in [0.2, 0.25) is 5.02 Å². The fraction of sp³-hybridized carbons (Fsp3) is 0.200. The molecule has 0 fully saturated rings. The topological polar surface area (TPSA) is 98.8 Å². The molecule has 128 valence electrons. The quantitative estimate of drug-likeness (QED) is 0.794. The van der Waals surface area contributed by atoms with Gasteiger partial charge in [-0.05, 0) is 19.1 Å². The molecule has 2 rings (SSSR count). The maximum absolute atomic E-state index is 12.8. The average Bonchev–Trinajstić information content (AvgIpc) is 2.72. The van der Waals surface area contributed by atoms with E-state index in [1.807, 2.05) is 0 Å². The fourth-order valence-corrected chi connectivity index (χ4v) is 3.01.